The van der Waals surface area contributed by atoms with Crippen molar-refractivity contribution < 1.29 is 13.6 Å². The Kier molecular flexibility index (Phi) is 2.59. The van der Waals surface area contributed by atoms with Gasteiger partial charge in [-0.25, -0.2) is 8.78 Å². The van der Waals surface area contributed by atoms with E-state index in [1.807, 2.05) is 0 Å². The number of likely N-dealkylation sites (N-methyl/N-ethyl adjacent to an activating group) is 1. The lowest BCUT2D eigenvalue weighted by molar-refractivity contribution is -0.117. The van der Waals surface area contributed by atoms with Crippen LogP contribution < -0.4 is 4.90 Å². The maximum absolute atomic E-state index is 13.4. The van der Waals surface area contributed by atoms with Gasteiger partial charge < -0.3 is 4.90 Å². The number of hydrogen-bond acceptors (Lipinski definition) is 1. The molecular weight excluding hydrogens is 248 g/mol. The number of hydrogen-bond donors (Lipinski definition) is 0. The van der Waals surface area contributed by atoms with Crippen molar-refractivity contribution in [1.82, 2.24) is 0 Å². The number of nitrogens with zero attached hydrogens (tertiary/aromatic N) is 1. The summed E-state index contributed by atoms with van der Waals surface area (Å²) in [6, 6.07) is 8.42. The molecule has 0 N–H and O–H groups in total. The molecule has 0 bridgehead atoms. The number of fused-ring (bicyclic) bond motifs is 3. The maximum Gasteiger partial charge on any atom is 0.231 e. The molecule has 0 aliphatic carbocycles. The van der Waals surface area contributed by atoms with Gasteiger partial charge in [0.15, 0.2) is 0 Å². The van der Waals surface area contributed by atoms with E-state index in [9.17, 15) is 13.6 Å². The van der Waals surface area contributed by atoms with E-state index in [4.69, 9.17) is 0 Å². The third kappa shape index (κ3) is 1.89. The topological polar surface area (TPSA) is 20.3 Å². The van der Waals surface area contributed by atoms with E-state index in [2.05, 4.69) is 0 Å². The van der Waals surface area contributed by atoms with E-state index in [0.29, 0.717) is 22.4 Å². The van der Waals surface area contributed by atoms with Crippen molar-refractivity contribution in [2.45, 2.75) is 6.42 Å². The molecule has 4 heteroatoms. The zero-order valence-corrected chi connectivity index (χ0v) is 10.3. The number of amides is 1. The van der Waals surface area contributed by atoms with E-state index in [1.54, 1.807) is 19.2 Å². The zero-order chi connectivity index (χ0) is 13.6. The van der Waals surface area contributed by atoms with Crippen LogP contribution in [0, 0.1) is 11.6 Å². The fourth-order valence-corrected chi connectivity index (χ4v) is 2.39. The first-order valence-electron chi connectivity index (χ1n) is 5.91. The van der Waals surface area contributed by atoms with Crippen LogP contribution in [0.5, 0.6) is 0 Å². The summed E-state index contributed by atoms with van der Waals surface area (Å²) in [4.78, 5) is 13.5. The van der Waals surface area contributed by atoms with E-state index >= 15 is 0 Å². The summed E-state index contributed by atoms with van der Waals surface area (Å²) in [5.41, 5.74) is 2.42. The van der Waals surface area contributed by atoms with Gasteiger partial charge >= 0.3 is 0 Å². The van der Waals surface area contributed by atoms with Crippen LogP contribution in [0.4, 0.5) is 14.5 Å². The number of carbonyl (C=O) groups excluding carboxylic acids is 1. The molecule has 1 amide bonds. The molecule has 0 radical (unpaired) electrons. The molecule has 1 aliphatic rings. The SMILES string of the molecule is CN1C(=O)Cc2ccc(F)cc2-c2cc(F)ccc21. The summed E-state index contributed by atoms with van der Waals surface area (Å²) < 4.78 is 26.9. The molecule has 2 aromatic carbocycles. The second-order valence-corrected chi connectivity index (χ2v) is 4.59. The molecule has 3 rings (SSSR count). The highest BCUT2D eigenvalue weighted by Crippen LogP contribution is 2.36. The average molecular weight is 259 g/mol. The van der Waals surface area contributed by atoms with E-state index in [0.717, 1.165) is 0 Å². The molecule has 0 unspecified atom stereocenters. The van der Waals surface area contributed by atoms with Crippen LogP contribution in [-0.4, -0.2) is 13.0 Å². The number of halogens is 2. The Bertz CT molecular complexity index is 682. The number of carbonyl (C=O) groups is 1. The molecule has 0 saturated carbocycles. The molecule has 96 valence electrons. The molecule has 0 aromatic heterocycles. The lowest BCUT2D eigenvalue weighted by Crippen LogP contribution is -2.26. The second-order valence-electron chi connectivity index (χ2n) is 4.59. The van der Waals surface area contributed by atoms with Gasteiger partial charge in [-0.05, 0) is 41.5 Å². The summed E-state index contributed by atoms with van der Waals surface area (Å²) in [5, 5.41) is 0. The third-order valence-electron chi connectivity index (χ3n) is 3.40. The lowest BCUT2D eigenvalue weighted by atomic mass is 9.97. The minimum Gasteiger partial charge on any atom is -0.315 e. The fourth-order valence-electron chi connectivity index (χ4n) is 2.39. The lowest BCUT2D eigenvalue weighted by Gasteiger charge is -2.17. The Hall–Kier alpha value is -2.23. The standard InChI is InChI=1S/C15H11F2NO/c1-18-14-5-4-11(17)8-13(14)12-7-10(16)3-2-9(12)6-15(18)19/h2-5,7-8H,6H2,1H3. The van der Waals surface area contributed by atoms with Crippen molar-refractivity contribution in [1.29, 1.82) is 0 Å². The summed E-state index contributed by atoms with van der Waals surface area (Å²) in [5.74, 6) is -0.902. The molecular formula is C15H11F2NO. The van der Waals surface area contributed by atoms with Crippen LogP contribution in [0.3, 0.4) is 0 Å². The van der Waals surface area contributed by atoms with E-state index in [1.165, 1.54) is 29.2 Å². The molecule has 1 heterocycles. The maximum atomic E-state index is 13.4. The van der Waals surface area contributed by atoms with Crippen molar-refractivity contribution in [3.8, 4) is 11.1 Å². The van der Waals surface area contributed by atoms with Gasteiger partial charge in [0.2, 0.25) is 5.91 Å². The quantitative estimate of drug-likeness (QED) is 0.711. The minimum absolute atomic E-state index is 0.0989. The fraction of sp³-hybridized carbons (Fsp3) is 0.133. The number of anilines is 1. The van der Waals surface area contributed by atoms with Crippen LogP contribution in [0.2, 0.25) is 0 Å². The minimum atomic E-state index is -0.406. The van der Waals surface area contributed by atoms with E-state index < -0.39 is 11.6 Å². The Morgan fingerprint density at radius 2 is 1.63 bits per heavy atom. The smallest absolute Gasteiger partial charge is 0.231 e. The zero-order valence-electron chi connectivity index (χ0n) is 10.3. The van der Waals surface area contributed by atoms with Crippen LogP contribution in [0.15, 0.2) is 36.4 Å². The number of benzene rings is 2. The molecule has 0 fully saturated rings. The normalized spacial score (nSPS) is 13.8. The van der Waals surface area contributed by atoms with Crippen LogP contribution in [0.1, 0.15) is 5.56 Å². The van der Waals surface area contributed by atoms with Gasteiger partial charge in [-0.3, -0.25) is 4.79 Å². The van der Waals surface area contributed by atoms with Crippen LogP contribution in [-0.2, 0) is 11.2 Å². The molecule has 1 aliphatic heterocycles. The molecule has 2 nitrogen and oxygen atoms in total. The van der Waals surface area contributed by atoms with E-state index in [-0.39, 0.29) is 12.3 Å². The van der Waals surface area contributed by atoms with Gasteiger partial charge in [0, 0.05) is 12.6 Å². The van der Waals surface area contributed by atoms with Crippen molar-refractivity contribution >= 4 is 11.6 Å². The highest BCUT2D eigenvalue weighted by atomic mass is 19.1. The Morgan fingerprint density at radius 3 is 2.37 bits per heavy atom. The van der Waals surface area contributed by atoms with Crippen molar-refractivity contribution in [2.75, 3.05) is 11.9 Å². The number of rotatable bonds is 0. The monoisotopic (exact) mass is 259 g/mol. The molecule has 0 saturated heterocycles. The summed E-state index contributed by atoms with van der Waals surface area (Å²) >= 11 is 0. The highest BCUT2D eigenvalue weighted by molar-refractivity contribution is 6.02. The first-order chi connectivity index (χ1) is 9.06. The van der Waals surface area contributed by atoms with Gasteiger partial charge in [-0.2, -0.15) is 0 Å². The first-order valence-corrected chi connectivity index (χ1v) is 5.91. The predicted octanol–water partition coefficient (Wildman–Crippen LogP) is 3.15. The van der Waals surface area contributed by atoms with Crippen LogP contribution in [0.25, 0.3) is 11.1 Å². The molecule has 0 spiro atoms. The largest absolute Gasteiger partial charge is 0.315 e. The van der Waals surface area contributed by atoms with Crippen molar-refractivity contribution in [3.63, 3.8) is 0 Å². The molecule has 2 aromatic rings. The van der Waals surface area contributed by atoms with Crippen molar-refractivity contribution in [2.24, 2.45) is 0 Å². The summed E-state index contributed by atoms with van der Waals surface area (Å²) in [6.07, 6.45) is 0.183. The predicted molar refractivity (Wildman–Crippen MR) is 68.9 cm³/mol. The Morgan fingerprint density at radius 1 is 1.00 bits per heavy atom. The first kappa shape index (κ1) is 11.8. The van der Waals surface area contributed by atoms with Gasteiger partial charge in [0.1, 0.15) is 11.6 Å². The summed E-state index contributed by atoms with van der Waals surface area (Å²) in [7, 11) is 1.64. The second kappa shape index (κ2) is 4.16. The Labute approximate surface area is 109 Å². The van der Waals surface area contributed by atoms with Crippen LogP contribution >= 0.6 is 0 Å². The third-order valence-corrected chi connectivity index (χ3v) is 3.40. The summed E-state index contributed by atoms with van der Waals surface area (Å²) in [6.45, 7) is 0. The Balaban J connectivity index is 2.35. The van der Waals surface area contributed by atoms with Gasteiger partial charge in [-0.15, -0.1) is 0 Å². The van der Waals surface area contributed by atoms with Crippen molar-refractivity contribution in [3.05, 3.63) is 53.6 Å². The van der Waals surface area contributed by atoms with Gasteiger partial charge in [-0.1, -0.05) is 6.07 Å². The highest BCUT2D eigenvalue weighted by Gasteiger charge is 2.23. The molecule has 0 atom stereocenters. The molecule has 19 heavy (non-hydrogen) atoms. The van der Waals surface area contributed by atoms with Gasteiger partial charge in [0.05, 0.1) is 12.1 Å². The van der Waals surface area contributed by atoms with Gasteiger partial charge in [0.25, 0.3) is 0 Å². The average Bonchev–Trinajstić information content (AvgIpc) is 2.48.